The Labute approximate surface area is 225 Å². The maximum absolute atomic E-state index is 13.7. The first kappa shape index (κ1) is 25.9. The fourth-order valence-electron chi connectivity index (χ4n) is 4.44. The lowest BCUT2D eigenvalue weighted by Crippen LogP contribution is -2.39. The number of fused-ring (bicyclic) bond motifs is 1. The van der Waals surface area contributed by atoms with E-state index in [2.05, 4.69) is 4.99 Å². The molecule has 0 aliphatic carbocycles. The molecule has 0 saturated carbocycles. The molecule has 1 aliphatic rings. The van der Waals surface area contributed by atoms with Crippen molar-refractivity contribution in [1.82, 2.24) is 4.57 Å². The summed E-state index contributed by atoms with van der Waals surface area (Å²) in [5.41, 5.74) is 1.31. The number of hydrogen-bond acceptors (Lipinski definition) is 9. The number of carbonyl (C=O) groups excluding carboxylic acids is 1. The minimum Gasteiger partial charge on any atom is -0.497 e. The molecule has 0 fully saturated rings. The molecule has 0 amide bonds. The maximum Gasteiger partial charge on any atom is 0.338 e. The van der Waals surface area contributed by atoms with Gasteiger partial charge in [0, 0.05) is 12.1 Å². The van der Waals surface area contributed by atoms with E-state index in [-0.39, 0.29) is 23.4 Å². The second-order valence-corrected chi connectivity index (χ2v) is 9.56. The van der Waals surface area contributed by atoms with Crippen LogP contribution in [0, 0.1) is 10.1 Å². The van der Waals surface area contributed by atoms with E-state index >= 15 is 0 Å². The van der Waals surface area contributed by atoms with Crippen molar-refractivity contribution in [2.45, 2.75) is 19.9 Å². The Kier molecular flexibility index (Phi) is 6.99. The van der Waals surface area contributed by atoms with E-state index in [0.717, 1.165) is 11.3 Å². The Balaban J connectivity index is 1.63. The smallest absolute Gasteiger partial charge is 0.338 e. The maximum atomic E-state index is 13.7. The van der Waals surface area contributed by atoms with Crippen LogP contribution in [0.2, 0.25) is 0 Å². The zero-order valence-electron chi connectivity index (χ0n) is 21.2. The average molecular weight is 546 g/mol. The number of ether oxygens (including phenoxy) is 2. The molecule has 3 heterocycles. The van der Waals surface area contributed by atoms with Gasteiger partial charge in [0.25, 0.3) is 11.2 Å². The van der Waals surface area contributed by atoms with E-state index in [1.807, 2.05) is 0 Å². The van der Waals surface area contributed by atoms with Crippen LogP contribution in [-0.2, 0) is 9.53 Å². The molecule has 4 aromatic rings. The second kappa shape index (κ2) is 10.5. The largest absolute Gasteiger partial charge is 0.497 e. The number of benzene rings is 2. The molecule has 0 N–H and O–H groups in total. The number of nitro benzene ring substituents is 1. The highest BCUT2D eigenvalue weighted by Gasteiger charge is 2.33. The summed E-state index contributed by atoms with van der Waals surface area (Å²) < 4.78 is 18.3. The fourth-order valence-corrected chi connectivity index (χ4v) is 5.47. The van der Waals surface area contributed by atoms with Crippen molar-refractivity contribution in [3.05, 3.63) is 113 Å². The van der Waals surface area contributed by atoms with Gasteiger partial charge in [0.05, 0.1) is 46.0 Å². The van der Waals surface area contributed by atoms with Crippen LogP contribution < -0.4 is 19.6 Å². The molecule has 10 nitrogen and oxygen atoms in total. The number of nitrogens with zero attached hydrogens (tertiary/aromatic N) is 3. The molecular formula is C28H23N3O7S. The molecule has 0 saturated heterocycles. The number of methoxy groups -OCH3 is 1. The van der Waals surface area contributed by atoms with Gasteiger partial charge in [0.1, 0.15) is 17.3 Å². The summed E-state index contributed by atoms with van der Waals surface area (Å²) in [6.07, 6.45) is 1.57. The Morgan fingerprint density at radius 2 is 1.92 bits per heavy atom. The quantitative estimate of drug-likeness (QED) is 0.195. The predicted octanol–water partition coefficient (Wildman–Crippen LogP) is 3.98. The van der Waals surface area contributed by atoms with Crippen LogP contribution in [0.3, 0.4) is 0 Å². The Bertz CT molecular complexity index is 1800. The molecule has 2 aromatic heterocycles. The van der Waals surface area contributed by atoms with Crippen molar-refractivity contribution in [3.8, 4) is 17.1 Å². The third-order valence-electron chi connectivity index (χ3n) is 6.21. The number of allylic oxidation sites excluding steroid dienone is 1. The van der Waals surface area contributed by atoms with Gasteiger partial charge >= 0.3 is 5.97 Å². The van der Waals surface area contributed by atoms with Crippen LogP contribution in [0.1, 0.15) is 31.2 Å². The van der Waals surface area contributed by atoms with Crippen molar-refractivity contribution < 1.29 is 23.6 Å². The average Bonchev–Trinajstić information content (AvgIpc) is 3.52. The molecule has 5 rings (SSSR count). The molecule has 0 unspecified atom stereocenters. The van der Waals surface area contributed by atoms with Gasteiger partial charge in [-0.3, -0.25) is 19.5 Å². The molecule has 0 spiro atoms. The number of hydrogen-bond donors (Lipinski definition) is 0. The van der Waals surface area contributed by atoms with E-state index in [4.69, 9.17) is 13.9 Å². The number of nitro groups is 1. The number of thiazole rings is 1. The normalized spacial score (nSPS) is 15.1. The van der Waals surface area contributed by atoms with Gasteiger partial charge in [0.15, 0.2) is 4.80 Å². The van der Waals surface area contributed by atoms with Gasteiger partial charge in [-0.2, -0.15) is 0 Å². The van der Waals surface area contributed by atoms with Gasteiger partial charge in [0.2, 0.25) is 0 Å². The van der Waals surface area contributed by atoms with Gasteiger partial charge in [-0.25, -0.2) is 9.79 Å². The first-order valence-corrected chi connectivity index (χ1v) is 12.8. The second-order valence-electron chi connectivity index (χ2n) is 8.55. The Morgan fingerprint density at radius 3 is 2.62 bits per heavy atom. The topological polar surface area (TPSA) is 126 Å². The molecule has 0 radical (unpaired) electrons. The highest BCUT2D eigenvalue weighted by atomic mass is 32.1. The molecule has 2 aromatic carbocycles. The fraction of sp³-hybridized carbons (Fsp3) is 0.179. The standard InChI is InChI=1S/C28H23N3O7S/c1-4-37-27(33)24-16(2)29-28-30(25(24)17-9-11-18(36-3)12-10-17)26(32)23(39-28)15-19-13-14-22(38-19)20-7-5-6-8-21(20)31(34)35/h5-15,25H,4H2,1-3H3/b23-15+/t25-/m0/s1. The van der Waals surface area contributed by atoms with E-state index in [0.29, 0.717) is 43.4 Å². The molecule has 1 aliphatic heterocycles. The van der Waals surface area contributed by atoms with Gasteiger partial charge < -0.3 is 13.9 Å². The number of esters is 1. The van der Waals surface area contributed by atoms with Crippen LogP contribution >= 0.6 is 11.3 Å². The highest BCUT2D eigenvalue weighted by molar-refractivity contribution is 7.07. The molecule has 0 bridgehead atoms. The number of furan rings is 1. The van der Waals surface area contributed by atoms with Gasteiger partial charge in [-0.1, -0.05) is 35.6 Å². The van der Waals surface area contributed by atoms with E-state index in [1.165, 1.54) is 10.6 Å². The van der Waals surface area contributed by atoms with Crippen molar-refractivity contribution in [2.24, 2.45) is 4.99 Å². The van der Waals surface area contributed by atoms with Crippen molar-refractivity contribution >= 4 is 29.1 Å². The van der Waals surface area contributed by atoms with Crippen LogP contribution in [0.4, 0.5) is 5.69 Å². The van der Waals surface area contributed by atoms with Crippen LogP contribution in [-0.4, -0.2) is 29.2 Å². The van der Waals surface area contributed by atoms with Crippen LogP contribution in [0.5, 0.6) is 5.75 Å². The summed E-state index contributed by atoms with van der Waals surface area (Å²) in [7, 11) is 1.56. The summed E-state index contributed by atoms with van der Waals surface area (Å²) in [5.74, 6) is 0.736. The molecular weight excluding hydrogens is 522 g/mol. The molecule has 198 valence electrons. The van der Waals surface area contributed by atoms with Gasteiger partial charge in [-0.15, -0.1) is 0 Å². The summed E-state index contributed by atoms with van der Waals surface area (Å²) in [6, 6.07) is 15.9. The lowest BCUT2D eigenvalue weighted by atomic mass is 9.96. The van der Waals surface area contributed by atoms with E-state index in [9.17, 15) is 19.7 Å². The van der Waals surface area contributed by atoms with Crippen molar-refractivity contribution in [2.75, 3.05) is 13.7 Å². The zero-order chi connectivity index (χ0) is 27.7. The van der Waals surface area contributed by atoms with E-state index < -0.39 is 16.9 Å². The van der Waals surface area contributed by atoms with Crippen molar-refractivity contribution in [3.63, 3.8) is 0 Å². The Hall–Kier alpha value is -4.77. The first-order valence-electron chi connectivity index (χ1n) is 12.0. The minimum absolute atomic E-state index is 0.0840. The third kappa shape index (κ3) is 4.79. The monoisotopic (exact) mass is 545 g/mol. The summed E-state index contributed by atoms with van der Waals surface area (Å²) >= 11 is 1.16. The highest BCUT2D eigenvalue weighted by Crippen LogP contribution is 2.32. The summed E-state index contributed by atoms with van der Waals surface area (Å²) in [6.45, 7) is 3.61. The molecule has 39 heavy (non-hydrogen) atoms. The zero-order valence-corrected chi connectivity index (χ0v) is 22.1. The molecule has 11 heteroatoms. The minimum atomic E-state index is -0.757. The SMILES string of the molecule is CCOC(=O)C1=C(C)N=c2s/c(=C/c3ccc(-c4ccccc4[N+](=O)[O-])o3)c(=O)n2[C@H]1c1ccc(OC)cc1. The van der Waals surface area contributed by atoms with Gasteiger partial charge in [-0.05, 0) is 49.7 Å². The van der Waals surface area contributed by atoms with Crippen LogP contribution in [0.15, 0.2) is 86.1 Å². The van der Waals surface area contributed by atoms with Crippen LogP contribution in [0.25, 0.3) is 17.4 Å². The Morgan fingerprint density at radius 1 is 1.18 bits per heavy atom. The number of carbonyl (C=O) groups is 1. The number of rotatable bonds is 7. The van der Waals surface area contributed by atoms with Crippen molar-refractivity contribution in [1.29, 1.82) is 0 Å². The summed E-state index contributed by atoms with van der Waals surface area (Å²) in [4.78, 5) is 42.7. The van der Waals surface area contributed by atoms with E-state index in [1.54, 1.807) is 81.6 Å². The lowest BCUT2D eigenvalue weighted by molar-refractivity contribution is -0.384. The number of aromatic nitrogens is 1. The number of para-hydroxylation sites is 1. The summed E-state index contributed by atoms with van der Waals surface area (Å²) in [5, 5.41) is 11.4. The first-order chi connectivity index (χ1) is 18.8. The predicted molar refractivity (Wildman–Crippen MR) is 144 cm³/mol. The third-order valence-corrected chi connectivity index (χ3v) is 7.20. The molecule has 1 atom stereocenters. The lowest BCUT2D eigenvalue weighted by Gasteiger charge is -2.24.